The first-order chi connectivity index (χ1) is 19.0. The average Bonchev–Trinajstić information content (AvgIpc) is 3.36. The maximum absolute atomic E-state index is 13.5. The monoisotopic (exact) mass is 537 g/mol. The van der Waals surface area contributed by atoms with Gasteiger partial charge in [0.1, 0.15) is 10.8 Å². The van der Waals surface area contributed by atoms with Crippen LogP contribution in [-0.2, 0) is 11.2 Å². The van der Waals surface area contributed by atoms with E-state index in [0.29, 0.717) is 30.1 Å². The Morgan fingerprint density at radius 2 is 1.72 bits per heavy atom. The fraction of sp³-hybridized carbons (Fsp3) is 0.226. The van der Waals surface area contributed by atoms with Crippen LogP contribution in [0.15, 0.2) is 83.9 Å². The number of hydrogen-bond acceptors (Lipinski definition) is 6. The molecule has 0 saturated heterocycles. The molecule has 0 aliphatic heterocycles. The highest BCUT2D eigenvalue weighted by Gasteiger charge is 2.25. The Morgan fingerprint density at radius 3 is 2.38 bits per heavy atom. The fourth-order valence-corrected chi connectivity index (χ4v) is 5.51. The lowest BCUT2D eigenvalue weighted by Gasteiger charge is -2.17. The molecule has 0 fully saturated rings. The van der Waals surface area contributed by atoms with E-state index >= 15 is 0 Å². The second-order valence-corrected chi connectivity index (χ2v) is 10.4. The Balaban J connectivity index is 1.61. The van der Waals surface area contributed by atoms with E-state index in [1.54, 1.807) is 7.11 Å². The summed E-state index contributed by atoms with van der Waals surface area (Å²) in [6, 6.07) is 25.6. The fourth-order valence-electron chi connectivity index (χ4n) is 4.44. The predicted molar refractivity (Wildman–Crippen MR) is 158 cm³/mol. The van der Waals surface area contributed by atoms with Crippen LogP contribution in [-0.4, -0.2) is 38.0 Å². The van der Waals surface area contributed by atoms with E-state index < -0.39 is 0 Å². The number of nitrogens with zero attached hydrogens (tertiary/aromatic N) is 4. The number of nitrogens with one attached hydrogen (secondary N) is 1. The molecule has 0 aliphatic rings. The van der Waals surface area contributed by atoms with E-state index in [-0.39, 0.29) is 11.2 Å². The zero-order chi connectivity index (χ0) is 27.4. The van der Waals surface area contributed by atoms with Crippen LogP contribution in [0, 0.1) is 6.92 Å². The first-order valence-electron chi connectivity index (χ1n) is 13.0. The summed E-state index contributed by atoms with van der Waals surface area (Å²) in [5.74, 6) is 1.12. The van der Waals surface area contributed by atoms with E-state index in [9.17, 15) is 4.79 Å². The van der Waals surface area contributed by atoms with Crippen LogP contribution in [0.1, 0.15) is 31.5 Å². The summed E-state index contributed by atoms with van der Waals surface area (Å²) in [5, 5.41) is 9.25. The van der Waals surface area contributed by atoms with E-state index in [4.69, 9.17) is 19.8 Å². The van der Waals surface area contributed by atoms with Crippen molar-refractivity contribution >= 4 is 34.4 Å². The van der Waals surface area contributed by atoms with Crippen molar-refractivity contribution in [3.63, 3.8) is 0 Å². The lowest BCUT2D eigenvalue weighted by molar-refractivity contribution is -0.115. The second kappa shape index (κ2) is 11.7. The van der Waals surface area contributed by atoms with Gasteiger partial charge in [0.2, 0.25) is 5.91 Å². The molecule has 0 radical (unpaired) electrons. The number of aryl methyl sites for hydroxylation is 2. The van der Waals surface area contributed by atoms with Gasteiger partial charge in [0.25, 0.3) is 0 Å². The van der Waals surface area contributed by atoms with Crippen molar-refractivity contribution in [2.24, 2.45) is 0 Å². The van der Waals surface area contributed by atoms with Crippen molar-refractivity contribution in [2.45, 2.75) is 43.9 Å². The largest absolute Gasteiger partial charge is 0.495 e. The molecule has 1 atom stereocenters. The number of amides is 1. The number of carbonyl (C=O) groups excluding carboxylic acids is 1. The van der Waals surface area contributed by atoms with Gasteiger partial charge in [-0.1, -0.05) is 80.2 Å². The summed E-state index contributed by atoms with van der Waals surface area (Å²) in [7, 11) is 1.60. The van der Waals surface area contributed by atoms with Crippen molar-refractivity contribution < 1.29 is 9.53 Å². The quantitative estimate of drug-likeness (QED) is 0.163. The summed E-state index contributed by atoms with van der Waals surface area (Å²) in [6.45, 7) is 6.07. The van der Waals surface area contributed by atoms with Crippen molar-refractivity contribution in [1.29, 1.82) is 0 Å². The predicted octanol–water partition coefficient (Wildman–Crippen LogP) is 6.87. The van der Waals surface area contributed by atoms with Gasteiger partial charge in [0, 0.05) is 5.56 Å². The van der Waals surface area contributed by atoms with E-state index in [1.165, 1.54) is 11.8 Å². The Labute approximate surface area is 232 Å². The molecule has 2 heterocycles. The number of ether oxygens (including phenoxy) is 1. The lowest BCUT2D eigenvalue weighted by atomic mass is 10.2. The van der Waals surface area contributed by atoms with E-state index in [0.717, 1.165) is 38.6 Å². The van der Waals surface area contributed by atoms with Crippen LogP contribution >= 0.6 is 11.8 Å². The third-order valence-electron chi connectivity index (χ3n) is 6.46. The van der Waals surface area contributed by atoms with Crippen molar-refractivity contribution in [3.05, 3.63) is 90.1 Å². The highest BCUT2D eigenvalue weighted by Crippen LogP contribution is 2.36. The average molecular weight is 538 g/mol. The molecule has 5 aromatic rings. The van der Waals surface area contributed by atoms with Crippen LogP contribution in [0.4, 0.5) is 5.69 Å². The molecule has 39 heavy (non-hydrogen) atoms. The first kappa shape index (κ1) is 26.4. The smallest absolute Gasteiger partial charge is 0.238 e. The summed E-state index contributed by atoms with van der Waals surface area (Å²) in [6.07, 6.45) is 1.33. The van der Waals surface area contributed by atoms with Gasteiger partial charge in [-0.05, 0) is 49.6 Å². The van der Waals surface area contributed by atoms with E-state index in [2.05, 4.69) is 12.2 Å². The Morgan fingerprint density at radius 1 is 1.00 bits per heavy atom. The molecule has 1 unspecified atom stereocenters. The van der Waals surface area contributed by atoms with Gasteiger partial charge in [-0.2, -0.15) is 5.10 Å². The third-order valence-corrected chi connectivity index (χ3v) is 7.81. The number of aromatic nitrogens is 4. The molecule has 5 rings (SSSR count). The van der Waals surface area contributed by atoms with Crippen molar-refractivity contribution in [2.75, 3.05) is 12.4 Å². The molecule has 3 aromatic carbocycles. The minimum Gasteiger partial charge on any atom is -0.495 e. The number of anilines is 1. The summed E-state index contributed by atoms with van der Waals surface area (Å²) in [5.41, 5.74) is 5.15. The molecular formula is C31H31N5O2S. The van der Waals surface area contributed by atoms with Crippen LogP contribution in [0.25, 0.3) is 28.1 Å². The Bertz CT molecular complexity index is 1600. The normalized spacial score (nSPS) is 11.9. The van der Waals surface area contributed by atoms with Crippen molar-refractivity contribution in [3.8, 4) is 22.8 Å². The molecule has 0 aliphatic carbocycles. The maximum atomic E-state index is 13.5. The maximum Gasteiger partial charge on any atom is 0.238 e. The highest BCUT2D eigenvalue weighted by molar-refractivity contribution is 8.00. The molecule has 1 N–H and O–H groups in total. The van der Waals surface area contributed by atoms with Gasteiger partial charge >= 0.3 is 0 Å². The standard InChI is InChI=1S/C31H31N5O2S/c1-5-23-27-29(36(35-23)22-15-11-8-12-16-22)33-28(21-13-9-7-10-14-21)34-31(27)39-26(6-2)30(37)32-24-19-20(3)17-18-25(24)38-4/h7-19,26H,5-6H2,1-4H3,(H,32,37). The minimum absolute atomic E-state index is 0.104. The zero-order valence-corrected chi connectivity index (χ0v) is 23.3. The van der Waals surface area contributed by atoms with E-state index in [1.807, 2.05) is 97.4 Å². The number of carbonyl (C=O) groups is 1. The molecule has 0 saturated carbocycles. The molecule has 1 amide bonds. The molecule has 0 spiro atoms. The van der Waals surface area contributed by atoms with Crippen LogP contribution in [0.2, 0.25) is 0 Å². The first-order valence-corrected chi connectivity index (χ1v) is 13.9. The number of methoxy groups -OCH3 is 1. The number of rotatable bonds is 9. The van der Waals surface area contributed by atoms with Gasteiger partial charge in [0.15, 0.2) is 11.5 Å². The molecule has 198 valence electrons. The molecule has 2 aromatic heterocycles. The Kier molecular flexibility index (Phi) is 7.93. The number of fused-ring (bicyclic) bond motifs is 1. The highest BCUT2D eigenvalue weighted by atomic mass is 32.2. The minimum atomic E-state index is -0.387. The number of hydrogen-bond donors (Lipinski definition) is 1. The topological polar surface area (TPSA) is 81.9 Å². The summed E-state index contributed by atoms with van der Waals surface area (Å²) in [4.78, 5) is 23.5. The zero-order valence-electron chi connectivity index (χ0n) is 22.5. The van der Waals surface area contributed by atoms with Gasteiger partial charge in [-0.25, -0.2) is 14.6 Å². The number of thioether (sulfide) groups is 1. The van der Waals surface area contributed by atoms with Gasteiger partial charge in [-0.3, -0.25) is 4.79 Å². The lowest BCUT2D eigenvalue weighted by Crippen LogP contribution is -2.25. The molecule has 0 bridgehead atoms. The molecule has 7 nitrogen and oxygen atoms in total. The summed E-state index contributed by atoms with van der Waals surface area (Å²) < 4.78 is 7.36. The summed E-state index contributed by atoms with van der Waals surface area (Å²) >= 11 is 1.45. The Hall–Kier alpha value is -4.17. The molecule has 8 heteroatoms. The van der Waals surface area contributed by atoms with Gasteiger partial charge in [-0.15, -0.1) is 0 Å². The van der Waals surface area contributed by atoms with Gasteiger partial charge in [0.05, 0.1) is 34.8 Å². The number of benzene rings is 3. The second-order valence-electron chi connectivity index (χ2n) is 9.17. The van der Waals surface area contributed by atoms with Gasteiger partial charge < -0.3 is 10.1 Å². The molecular weight excluding hydrogens is 506 g/mol. The van der Waals surface area contributed by atoms with Crippen molar-refractivity contribution in [1.82, 2.24) is 19.7 Å². The third kappa shape index (κ3) is 5.52. The number of para-hydroxylation sites is 1. The van der Waals surface area contributed by atoms with Crippen LogP contribution < -0.4 is 10.1 Å². The SMILES string of the molecule is CCc1nn(-c2ccccc2)c2nc(-c3ccccc3)nc(SC(CC)C(=O)Nc3cc(C)ccc3OC)c12. The van der Waals surface area contributed by atoms with Crippen LogP contribution in [0.5, 0.6) is 5.75 Å². The van der Waals surface area contributed by atoms with Crippen LogP contribution in [0.3, 0.4) is 0 Å².